The van der Waals surface area contributed by atoms with Crippen molar-refractivity contribution in [3.63, 3.8) is 0 Å². The van der Waals surface area contributed by atoms with Crippen LogP contribution in [0.2, 0.25) is 0 Å². The molecule has 2 aromatic carbocycles. The van der Waals surface area contributed by atoms with Gasteiger partial charge < -0.3 is 19.7 Å². The molecule has 180 valence electrons. The maximum absolute atomic E-state index is 14.2. The lowest BCUT2D eigenvalue weighted by Crippen LogP contribution is -2.51. The first-order valence-corrected chi connectivity index (χ1v) is 11.2. The number of nitrogens with zero attached hydrogens (tertiary/aromatic N) is 4. The minimum atomic E-state index is -0.562. The van der Waals surface area contributed by atoms with Crippen molar-refractivity contribution in [2.45, 2.75) is 19.0 Å². The molecule has 8 nitrogen and oxygen atoms in total. The molecule has 9 heteroatoms. The van der Waals surface area contributed by atoms with Gasteiger partial charge in [-0.3, -0.25) is 9.69 Å². The molecule has 4 rings (SSSR count). The quantitative estimate of drug-likeness (QED) is 0.460. The van der Waals surface area contributed by atoms with Gasteiger partial charge in [-0.2, -0.15) is 5.26 Å². The lowest BCUT2D eigenvalue weighted by Gasteiger charge is -2.38. The molecular formula is C26H26FN5O3. The van der Waals surface area contributed by atoms with E-state index in [2.05, 4.69) is 16.5 Å². The zero-order chi connectivity index (χ0) is 24.8. The van der Waals surface area contributed by atoms with Crippen molar-refractivity contribution in [1.29, 1.82) is 5.26 Å². The van der Waals surface area contributed by atoms with E-state index in [1.54, 1.807) is 47.8 Å². The van der Waals surface area contributed by atoms with Crippen molar-refractivity contribution in [1.82, 2.24) is 19.8 Å². The smallest absolute Gasteiger partial charge is 0.237 e. The maximum Gasteiger partial charge on any atom is 0.237 e. The normalized spacial score (nSPS) is 15.0. The molecule has 2 N–H and O–H groups in total. The Bertz CT molecular complexity index is 1240. The molecule has 0 radical (unpaired) electrons. The van der Waals surface area contributed by atoms with Crippen LogP contribution in [0.4, 0.5) is 4.39 Å². The summed E-state index contributed by atoms with van der Waals surface area (Å²) in [5.41, 5.74) is 2.14. The summed E-state index contributed by atoms with van der Waals surface area (Å²) in [6, 6.07) is 11.1. The number of phenolic OH excluding ortho intramolecular Hbond substituents is 1. The number of ether oxygens (including phenoxy) is 1. The summed E-state index contributed by atoms with van der Waals surface area (Å²) in [7, 11) is 0. The summed E-state index contributed by atoms with van der Waals surface area (Å²) in [4.78, 5) is 24.0. The van der Waals surface area contributed by atoms with E-state index in [0.717, 1.165) is 11.3 Å². The van der Waals surface area contributed by atoms with E-state index in [-0.39, 0.29) is 36.4 Å². The number of carbonyl (C=O) groups excluding carboxylic acids is 1. The Morgan fingerprint density at radius 3 is 2.86 bits per heavy atom. The van der Waals surface area contributed by atoms with Crippen molar-refractivity contribution in [2.24, 2.45) is 0 Å². The number of hydrogen-bond donors (Lipinski definition) is 2. The van der Waals surface area contributed by atoms with Crippen LogP contribution in [0.25, 0.3) is 0 Å². The molecule has 1 amide bonds. The number of aromatic amines is 1. The monoisotopic (exact) mass is 475 g/mol. The summed E-state index contributed by atoms with van der Waals surface area (Å²) in [6.07, 6.45) is 5.36. The van der Waals surface area contributed by atoms with E-state index in [9.17, 15) is 14.3 Å². The number of imidazole rings is 1. The number of nitrogens with one attached hydrogen (secondary N) is 1. The van der Waals surface area contributed by atoms with Crippen LogP contribution in [0.1, 0.15) is 28.4 Å². The molecule has 1 aromatic heterocycles. The molecule has 1 aliphatic heterocycles. The van der Waals surface area contributed by atoms with Gasteiger partial charge >= 0.3 is 0 Å². The fraction of sp³-hybridized carbons (Fsp3) is 0.269. The van der Waals surface area contributed by atoms with E-state index in [0.29, 0.717) is 37.4 Å². The lowest BCUT2D eigenvalue weighted by atomic mass is 10.00. The summed E-state index contributed by atoms with van der Waals surface area (Å²) in [5.74, 6) is 0.0547. The number of amides is 1. The molecule has 1 unspecified atom stereocenters. The van der Waals surface area contributed by atoms with Crippen molar-refractivity contribution in [3.8, 4) is 17.6 Å². The highest BCUT2D eigenvalue weighted by atomic mass is 19.1. The summed E-state index contributed by atoms with van der Waals surface area (Å²) >= 11 is 0. The molecule has 0 spiro atoms. The van der Waals surface area contributed by atoms with Crippen LogP contribution in [0, 0.1) is 17.1 Å². The van der Waals surface area contributed by atoms with Crippen LogP contribution in [0.3, 0.4) is 0 Å². The first kappa shape index (κ1) is 24.0. The maximum atomic E-state index is 14.2. The molecule has 2 heterocycles. The van der Waals surface area contributed by atoms with Crippen molar-refractivity contribution in [2.75, 3.05) is 26.2 Å². The second-order valence-corrected chi connectivity index (χ2v) is 8.33. The highest BCUT2D eigenvalue weighted by Crippen LogP contribution is 2.28. The Morgan fingerprint density at radius 1 is 1.31 bits per heavy atom. The average molecular weight is 476 g/mol. The number of H-pyrrole nitrogens is 1. The number of nitriles is 1. The van der Waals surface area contributed by atoms with E-state index in [4.69, 9.17) is 10.00 Å². The molecule has 1 atom stereocenters. The average Bonchev–Trinajstić information content (AvgIpc) is 3.39. The van der Waals surface area contributed by atoms with Crippen LogP contribution in [0.5, 0.6) is 11.5 Å². The fourth-order valence-corrected chi connectivity index (χ4v) is 4.18. The minimum absolute atomic E-state index is 0.00199. The first-order chi connectivity index (χ1) is 17.0. The van der Waals surface area contributed by atoms with Gasteiger partial charge in [0.2, 0.25) is 5.91 Å². The third kappa shape index (κ3) is 5.67. The molecule has 35 heavy (non-hydrogen) atoms. The Hall–Kier alpha value is -4.16. The highest BCUT2D eigenvalue weighted by Gasteiger charge is 2.31. The van der Waals surface area contributed by atoms with Crippen molar-refractivity contribution < 1.29 is 19.0 Å². The summed E-state index contributed by atoms with van der Waals surface area (Å²) < 4.78 is 19.7. The van der Waals surface area contributed by atoms with Gasteiger partial charge in [-0.1, -0.05) is 18.7 Å². The summed E-state index contributed by atoms with van der Waals surface area (Å²) in [6.45, 7) is 5.45. The van der Waals surface area contributed by atoms with Gasteiger partial charge in [0.25, 0.3) is 0 Å². The number of rotatable bonds is 9. The van der Waals surface area contributed by atoms with E-state index < -0.39 is 5.82 Å². The zero-order valence-corrected chi connectivity index (χ0v) is 19.2. The Labute approximate surface area is 202 Å². The third-order valence-corrected chi connectivity index (χ3v) is 6.03. The number of carbonyl (C=O) groups is 1. The molecule has 1 fully saturated rings. The largest absolute Gasteiger partial charge is 0.508 e. The lowest BCUT2D eigenvalue weighted by molar-refractivity contribution is -0.137. The third-order valence-electron chi connectivity index (χ3n) is 6.03. The second-order valence-electron chi connectivity index (χ2n) is 8.33. The number of piperazine rings is 1. The number of halogens is 1. The number of hydrogen-bond acceptors (Lipinski definition) is 6. The number of aromatic hydroxyl groups is 1. The van der Waals surface area contributed by atoms with Crippen molar-refractivity contribution >= 4 is 5.91 Å². The molecule has 0 bridgehead atoms. The Kier molecular flexibility index (Phi) is 7.43. The van der Waals surface area contributed by atoms with Gasteiger partial charge in [-0.05, 0) is 42.3 Å². The van der Waals surface area contributed by atoms with E-state index in [1.807, 2.05) is 11.0 Å². The predicted octanol–water partition coefficient (Wildman–Crippen LogP) is 3.32. The highest BCUT2D eigenvalue weighted by molar-refractivity contribution is 5.79. The Morgan fingerprint density at radius 2 is 2.17 bits per heavy atom. The second kappa shape index (κ2) is 10.8. The van der Waals surface area contributed by atoms with E-state index in [1.165, 1.54) is 12.1 Å². The zero-order valence-electron chi connectivity index (χ0n) is 19.2. The van der Waals surface area contributed by atoms with Gasteiger partial charge in [-0.15, -0.1) is 0 Å². The van der Waals surface area contributed by atoms with Crippen LogP contribution in [0.15, 0.2) is 61.6 Å². The van der Waals surface area contributed by atoms with Gasteiger partial charge in [0.15, 0.2) is 0 Å². The predicted molar refractivity (Wildman–Crippen MR) is 127 cm³/mol. The van der Waals surface area contributed by atoms with E-state index >= 15 is 0 Å². The fourth-order valence-electron chi connectivity index (χ4n) is 4.18. The molecule has 0 aliphatic carbocycles. The molecule has 1 saturated heterocycles. The van der Waals surface area contributed by atoms with Gasteiger partial charge in [-0.25, -0.2) is 9.37 Å². The first-order valence-electron chi connectivity index (χ1n) is 11.2. The van der Waals surface area contributed by atoms with Gasteiger partial charge in [0.05, 0.1) is 30.2 Å². The minimum Gasteiger partial charge on any atom is -0.508 e. The SMILES string of the molecule is C=CCOc1ccc(O)c(CN2CCN(C(Cc3ccc(C#N)c(F)c3)c3cnc[nH]3)CC2=O)c1. The van der Waals surface area contributed by atoms with Crippen molar-refractivity contribution in [3.05, 3.63) is 89.8 Å². The Balaban J connectivity index is 1.47. The number of benzene rings is 2. The molecular weight excluding hydrogens is 449 g/mol. The number of aromatic nitrogens is 2. The van der Waals surface area contributed by atoms with Gasteiger partial charge in [0, 0.05) is 31.4 Å². The molecule has 3 aromatic rings. The standard InChI is InChI=1S/C26H26FN5O3/c1-2-9-35-21-5-6-25(33)20(12-21)15-32-8-7-31(16-26(32)34)24(23-14-29-17-30-23)11-18-3-4-19(13-28)22(27)10-18/h2-6,10,12,14,17,24,33H,1,7-9,11,15-16H2,(H,29,30). The van der Waals surface area contributed by atoms with Crippen LogP contribution < -0.4 is 4.74 Å². The van der Waals surface area contributed by atoms with Crippen LogP contribution >= 0.6 is 0 Å². The van der Waals surface area contributed by atoms with Crippen LogP contribution in [-0.4, -0.2) is 57.0 Å². The van der Waals surface area contributed by atoms with Crippen LogP contribution in [-0.2, 0) is 17.8 Å². The number of phenols is 1. The molecule has 1 aliphatic rings. The van der Waals surface area contributed by atoms with Gasteiger partial charge in [0.1, 0.15) is 30.0 Å². The topological polar surface area (TPSA) is 105 Å². The molecule has 0 saturated carbocycles. The summed E-state index contributed by atoms with van der Waals surface area (Å²) in [5, 5.41) is 19.3.